The Kier molecular flexibility index (Phi) is 7.71. The molecule has 2 aliphatic rings. The zero-order chi connectivity index (χ0) is 20.9. The summed E-state index contributed by atoms with van der Waals surface area (Å²) < 4.78 is 27.3. The Balaban J connectivity index is 1.47. The van der Waals surface area contributed by atoms with E-state index < -0.39 is 10.0 Å². The van der Waals surface area contributed by atoms with E-state index >= 15 is 0 Å². The van der Waals surface area contributed by atoms with Crippen LogP contribution in [-0.4, -0.2) is 62.8 Å². The number of nitrogens with zero attached hydrogens (tertiary/aromatic N) is 2. The molecule has 1 aromatic carbocycles. The third-order valence-electron chi connectivity index (χ3n) is 6.11. The standard InChI is InChI=1S/C22H35N3O3S/c1-18-8-10-21(11-9-18)29(27,28)25-15-4-7-20(17-25)22(26)23-12-5-14-24-13-3-6-19(2)16-24/h8-11,19-20H,3-7,12-17H2,1-2H3,(H,23,26)/t19-,20+/m1/s1. The van der Waals surface area contributed by atoms with Gasteiger partial charge in [-0.3, -0.25) is 4.79 Å². The average Bonchev–Trinajstić information content (AvgIpc) is 2.71. The van der Waals surface area contributed by atoms with Gasteiger partial charge >= 0.3 is 0 Å². The second-order valence-electron chi connectivity index (χ2n) is 8.71. The molecule has 29 heavy (non-hydrogen) atoms. The maximum absolute atomic E-state index is 12.9. The molecule has 2 atom stereocenters. The topological polar surface area (TPSA) is 69.7 Å². The van der Waals surface area contributed by atoms with Gasteiger partial charge in [-0.2, -0.15) is 4.31 Å². The maximum Gasteiger partial charge on any atom is 0.243 e. The minimum absolute atomic E-state index is 0.0131. The first-order valence-corrected chi connectivity index (χ1v) is 12.4. The van der Waals surface area contributed by atoms with Gasteiger partial charge in [-0.1, -0.05) is 24.6 Å². The number of piperidine rings is 2. The van der Waals surface area contributed by atoms with Crippen LogP contribution in [0.4, 0.5) is 0 Å². The van der Waals surface area contributed by atoms with Crippen molar-refractivity contribution in [3.8, 4) is 0 Å². The van der Waals surface area contributed by atoms with Crippen LogP contribution in [0.3, 0.4) is 0 Å². The smallest absolute Gasteiger partial charge is 0.243 e. The molecule has 2 fully saturated rings. The number of hydrogen-bond donors (Lipinski definition) is 1. The van der Waals surface area contributed by atoms with Crippen molar-refractivity contribution < 1.29 is 13.2 Å². The Morgan fingerprint density at radius 1 is 1.10 bits per heavy atom. The van der Waals surface area contributed by atoms with Gasteiger partial charge in [-0.25, -0.2) is 8.42 Å². The number of carbonyl (C=O) groups is 1. The summed E-state index contributed by atoms with van der Waals surface area (Å²) >= 11 is 0. The molecule has 162 valence electrons. The first-order chi connectivity index (χ1) is 13.9. The van der Waals surface area contributed by atoms with E-state index in [-0.39, 0.29) is 18.4 Å². The maximum atomic E-state index is 12.9. The zero-order valence-electron chi connectivity index (χ0n) is 17.8. The van der Waals surface area contributed by atoms with Crippen molar-refractivity contribution in [3.05, 3.63) is 29.8 Å². The second kappa shape index (κ2) is 10.0. The summed E-state index contributed by atoms with van der Waals surface area (Å²) in [5.41, 5.74) is 1.03. The predicted molar refractivity (Wildman–Crippen MR) is 115 cm³/mol. The number of hydrogen-bond acceptors (Lipinski definition) is 4. The normalized spacial score (nSPS) is 24.3. The van der Waals surface area contributed by atoms with Gasteiger partial charge < -0.3 is 10.2 Å². The van der Waals surface area contributed by atoms with Crippen molar-refractivity contribution >= 4 is 15.9 Å². The summed E-state index contributed by atoms with van der Waals surface area (Å²) in [6.45, 7) is 8.97. The second-order valence-corrected chi connectivity index (χ2v) is 10.6. The number of sulfonamides is 1. The highest BCUT2D eigenvalue weighted by Gasteiger charge is 2.33. The molecular weight excluding hydrogens is 386 g/mol. The molecule has 2 saturated heterocycles. The van der Waals surface area contributed by atoms with E-state index in [1.54, 1.807) is 12.1 Å². The van der Waals surface area contributed by atoms with Crippen LogP contribution in [0.2, 0.25) is 0 Å². The lowest BCUT2D eigenvalue weighted by Crippen LogP contribution is -2.45. The van der Waals surface area contributed by atoms with Crippen LogP contribution in [0.15, 0.2) is 29.2 Å². The molecule has 1 amide bonds. The van der Waals surface area contributed by atoms with Gasteiger partial charge in [0, 0.05) is 26.2 Å². The summed E-state index contributed by atoms with van der Waals surface area (Å²) in [5, 5.41) is 3.04. The van der Waals surface area contributed by atoms with Crippen molar-refractivity contribution in [2.45, 2.75) is 50.8 Å². The van der Waals surface area contributed by atoms with Gasteiger partial charge in [0.15, 0.2) is 0 Å². The number of benzene rings is 1. The number of rotatable bonds is 7. The summed E-state index contributed by atoms with van der Waals surface area (Å²) in [5.74, 6) is 0.488. The van der Waals surface area contributed by atoms with Crippen molar-refractivity contribution in [2.24, 2.45) is 11.8 Å². The van der Waals surface area contributed by atoms with Crippen LogP contribution in [0.25, 0.3) is 0 Å². The predicted octanol–water partition coefficient (Wildman–Crippen LogP) is 2.63. The summed E-state index contributed by atoms with van der Waals surface area (Å²) in [6.07, 6.45) is 4.98. The average molecular weight is 422 g/mol. The molecule has 7 heteroatoms. The van der Waals surface area contributed by atoms with Crippen molar-refractivity contribution in [2.75, 3.05) is 39.3 Å². The van der Waals surface area contributed by atoms with Crippen LogP contribution in [0.1, 0.15) is 44.6 Å². The molecule has 0 aromatic heterocycles. The Labute approximate surface area is 175 Å². The molecule has 3 rings (SSSR count). The number of aryl methyl sites for hydroxylation is 1. The lowest BCUT2D eigenvalue weighted by molar-refractivity contribution is -0.126. The van der Waals surface area contributed by atoms with Crippen molar-refractivity contribution in [3.63, 3.8) is 0 Å². The lowest BCUT2D eigenvalue weighted by Gasteiger charge is -2.32. The minimum Gasteiger partial charge on any atom is -0.356 e. The monoisotopic (exact) mass is 421 g/mol. The van der Waals surface area contributed by atoms with Gasteiger partial charge in [0.1, 0.15) is 0 Å². The molecule has 6 nitrogen and oxygen atoms in total. The molecule has 0 saturated carbocycles. The Hall–Kier alpha value is -1.44. The van der Waals surface area contributed by atoms with Gasteiger partial charge in [-0.15, -0.1) is 0 Å². The van der Waals surface area contributed by atoms with E-state index in [4.69, 9.17) is 0 Å². The van der Waals surface area contributed by atoms with E-state index in [0.717, 1.165) is 50.4 Å². The van der Waals surface area contributed by atoms with Crippen molar-refractivity contribution in [1.29, 1.82) is 0 Å². The van der Waals surface area contributed by atoms with Crippen LogP contribution in [0, 0.1) is 18.8 Å². The van der Waals surface area contributed by atoms with Crippen LogP contribution in [0.5, 0.6) is 0 Å². The number of amides is 1. The zero-order valence-corrected chi connectivity index (χ0v) is 18.6. The van der Waals surface area contributed by atoms with E-state index in [2.05, 4.69) is 17.1 Å². The molecule has 0 radical (unpaired) electrons. The van der Waals surface area contributed by atoms with E-state index in [9.17, 15) is 13.2 Å². The highest BCUT2D eigenvalue weighted by Crippen LogP contribution is 2.24. The van der Waals surface area contributed by atoms with Crippen LogP contribution < -0.4 is 5.32 Å². The molecule has 2 heterocycles. The Bertz CT molecular complexity index is 779. The largest absolute Gasteiger partial charge is 0.356 e. The first kappa shape index (κ1) is 22.2. The fraction of sp³-hybridized carbons (Fsp3) is 0.682. The molecule has 0 aliphatic carbocycles. The number of nitrogens with one attached hydrogen (secondary N) is 1. The minimum atomic E-state index is -3.54. The molecule has 1 aromatic rings. The van der Waals surface area contributed by atoms with E-state index in [1.807, 2.05) is 19.1 Å². The molecule has 0 bridgehead atoms. The van der Waals surface area contributed by atoms with E-state index in [1.165, 1.54) is 17.1 Å². The van der Waals surface area contributed by atoms with Crippen LogP contribution >= 0.6 is 0 Å². The SMILES string of the molecule is Cc1ccc(S(=O)(=O)N2CCC[C@H](C(=O)NCCCN3CCC[C@@H](C)C3)C2)cc1. The molecule has 0 spiro atoms. The van der Waals surface area contributed by atoms with E-state index in [0.29, 0.717) is 18.0 Å². The Morgan fingerprint density at radius 2 is 1.83 bits per heavy atom. The lowest BCUT2D eigenvalue weighted by atomic mass is 9.99. The first-order valence-electron chi connectivity index (χ1n) is 10.9. The molecule has 1 N–H and O–H groups in total. The summed E-state index contributed by atoms with van der Waals surface area (Å²) in [7, 11) is -3.54. The van der Waals surface area contributed by atoms with Gasteiger partial charge in [-0.05, 0) is 70.2 Å². The number of carbonyl (C=O) groups excluding carboxylic acids is 1. The summed E-state index contributed by atoms with van der Waals surface area (Å²) in [6, 6.07) is 6.92. The summed E-state index contributed by atoms with van der Waals surface area (Å²) in [4.78, 5) is 15.4. The van der Waals surface area contributed by atoms with Crippen molar-refractivity contribution in [1.82, 2.24) is 14.5 Å². The fourth-order valence-corrected chi connectivity index (χ4v) is 5.91. The van der Waals surface area contributed by atoms with Gasteiger partial charge in [0.25, 0.3) is 0 Å². The highest BCUT2D eigenvalue weighted by molar-refractivity contribution is 7.89. The number of likely N-dealkylation sites (tertiary alicyclic amines) is 1. The Morgan fingerprint density at radius 3 is 2.55 bits per heavy atom. The van der Waals surface area contributed by atoms with Gasteiger partial charge in [0.2, 0.25) is 15.9 Å². The van der Waals surface area contributed by atoms with Crippen LogP contribution in [-0.2, 0) is 14.8 Å². The third-order valence-corrected chi connectivity index (χ3v) is 7.98. The quantitative estimate of drug-likeness (QED) is 0.687. The third kappa shape index (κ3) is 6.03. The van der Waals surface area contributed by atoms with Gasteiger partial charge in [0.05, 0.1) is 10.8 Å². The molecule has 2 aliphatic heterocycles. The molecule has 0 unspecified atom stereocenters. The highest BCUT2D eigenvalue weighted by atomic mass is 32.2. The molecular formula is C22H35N3O3S. The fourth-order valence-electron chi connectivity index (χ4n) is 4.38.